The fourth-order valence-electron chi connectivity index (χ4n) is 0.264. The molecule has 0 radical (unpaired) electrons. The molecule has 0 atom stereocenters. The van der Waals surface area contributed by atoms with Crippen molar-refractivity contribution in [3.05, 3.63) is 12.7 Å². The van der Waals surface area contributed by atoms with Gasteiger partial charge in [0, 0.05) is 6.54 Å². The smallest absolute Gasteiger partial charge is 0.145 e. The van der Waals surface area contributed by atoms with Crippen molar-refractivity contribution in [1.82, 2.24) is 5.32 Å². The molecule has 11 heavy (non-hydrogen) atoms. The molecule has 0 aliphatic carbocycles. The molecule has 0 aromatic rings. The molecule has 0 unspecified atom stereocenters. The van der Waals surface area contributed by atoms with Crippen molar-refractivity contribution in [1.29, 1.82) is 0 Å². The fourth-order valence-corrected chi connectivity index (χ4v) is 1.91. The van der Waals surface area contributed by atoms with E-state index in [2.05, 4.69) is 24.1 Å². The van der Waals surface area contributed by atoms with E-state index < -0.39 is 0 Å². The van der Waals surface area contributed by atoms with E-state index in [-0.39, 0.29) is 0 Å². The molecule has 6 heteroatoms. The van der Waals surface area contributed by atoms with Crippen molar-refractivity contribution in [2.45, 2.75) is 0 Å². The van der Waals surface area contributed by atoms with Gasteiger partial charge in [-0.25, -0.2) is 0 Å². The third kappa shape index (κ3) is 8.12. The average molecular weight is 224 g/mol. The highest BCUT2D eigenvalue weighted by atomic mass is 33.1. The zero-order valence-electron chi connectivity index (χ0n) is 5.70. The van der Waals surface area contributed by atoms with Gasteiger partial charge in [-0.15, -0.1) is 6.58 Å². The van der Waals surface area contributed by atoms with Crippen LogP contribution in [0.1, 0.15) is 0 Å². The molecule has 3 N–H and O–H groups in total. The van der Waals surface area contributed by atoms with E-state index in [1.165, 1.54) is 21.6 Å². The maximum atomic E-state index is 5.24. The molecule has 0 saturated heterocycles. The molecule has 2 nitrogen and oxygen atoms in total. The third-order valence-corrected chi connectivity index (χ3v) is 3.70. The summed E-state index contributed by atoms with van der Waals surface area (Å²) in [6, 6.07) is 0. The summed E-state index contributed by atoms with van der Waals surface area (Å²) in [5, 5.41) is 2.93. The normalized spacial score (nSPS) is 8.73. The van der Waals surface area contributed by atoms with E-state index >= 15 is 0 Å². The van der Waals surface area contributed by atoms with Crippen LogP contribution in [-0.4, -0.2) is 15.2 Å². The van der Waals surface area contributed by atoms with E-state index in [1.54, 1.807) is 6.08 Å². The molecule has 0 rings (SSSR count). The second kappa shape index (κ2) is 6.90. The van der Waals surface area contributed by atoms with Crippen LogP contribution in [0.2, 0.25) is 0 Å². The fraction of sp³-hybridized carbons (Fsp3) is 0.200. The van der Waals surface area contributed by atoms with Gasteiger partial charge in [-0.2, -0.15) is 0 Å². The van der Waals surface area contributed by atoms with Gasteiger partial charge in [-0.1, -0.05) is 30.5 Å². The average Bonchev–Trinajstić information content (AvgIpc) is 1.97. The van der Waals surface area contributed by atoms with E-state index in [4.69, 9.17) is 18.0 Å². The predicted octanol–water partition coefficient (Wildman–Crippen LogP) is 1.67. The van der Waals surface area contributed by atoms with Gasteiger partial charge in [0.1, 0.15) is 8.64 Å². The van der Waals surface area contributed by atoms with Gasteiger partial charge in [-0.05, 0) is 21.6 Å². The molecule has 0 bridgehead atoms. The van der Waals surface area contributed by atoms with Gasteiger partial charge >= 0.3 is 0 Å². The lowest BCUT2D eigenvalue weighted by atomic mass is 10.6. The van der Waals surface area contributed by atoms with Crippen molar-refractivity contribution in [3.63, 3.8) is 0 Å². The first kappa shape index (κ1) is 11.2. The van der Waals surface area contributed by atoms with Crippen molar-refractivity contribution in [2.75, 3.05) is 6.54 Å². The van der Waals surface area contributed by atoms with Crippen LogP contribution in [0, 0.1) is 0 Å². The molecule has 0 aliphatic rings. The van der Waals surface area contributed by atoms with Crippen LogP contribution in [-0.2, 0) is 0 Å². The van der Waals surface area contributed by atoms with E-state index in [0.717, 1.165) is 0 Å². The van der Waals surface area contributed by atoms with Crippen LogP contribution in [0.3, 0.4) is 0 Å². The van der Waals surface area contributed by atoms with Gasteiger partial charge in [0.25, 0.3) is 0 Å². The molecule has 62 valence electrons. The first-order valence-corrected chi connectivity index (χ1v) is 5.66. The maximum absolute atomic E-state index is 5.24. The summed E-state index contributed by atoms with van der Waals surface area (Å²) in [6.45, 7) is 4.21. The Morgan fingerprint density at radius 1 is 1.55 bits per heavy atom. The molecular formula is C5H8N2S4. The number of thiocarbonyl (C=S) groups is 2. The number of nitrogens with one attached hydrogen (secondary N) is 1. The SMILES string of the molecule is C=CCNC(=S)SSC(N)=S. The molecule has 0 heterocycles. The molecule has 0 aromatic carbocycles. The molecule has 0 aliphatic heterocycles. The second-order valence-electron chi connectivity index (χ2n) is 1.44. The summed E-state index contributed by atoms with van der Waals surface area (Å²) >= 11 is 9.54. The van der Waals surface area contributed by atoms with Crippen molar-refractivity contribution in [3.8, 4) is 0 Å². The Morgan fingerprint density at radius 2 is 2.18 bits per heavy atom. The van der Waals surface area contributed by atoms with E-state index in [0.29, 0.717) is 15.2 Å². The summed E-state index contributed by atoms with van der Waals surface area (Å²) in [4.78, 5) is 0. The van der Waals surface area contributed by atoms with Crippen molar-refractivity contribution >= 4 is 54.7 Å². The first-order chi connectivity index (χ1) is 5.16. The van der Waals surface area contributed by atoms with Crippen molar-refractivity contribution < 1.29 is 0 Å². The van der Waals surface area contributed by atoms with Gasteiger partial charge in [0.2, 0.25) is 0 Å². The zero-order chi connectivity index (χ0) is 8.69. The van der Waals surface area contributed by atoms with Gasteiger partial charge in [-0.3, -0.25) is 0 Å². The van der Waals surface area contributed by atoms with Crippen LogP contribution in [0.5, 0.6) is 0 Å². The standard InChI is InChI=1S/C5H8N2S4/c1-2-3-7-5(9)11-10-4(6)8/h2H,1,3H2,(H2,6,8)(H,7,9). The molecule has 0 aromatic heterocycles. The lowest BCUT2D eigenvalue weighted by Crippen LogP contribution is -2.17. The Bertz CT molecular complexity index is 168. The van der Waals surface area contributed by atoms with Crippen molar-refractivity contribution in [2.24, 2.45) is 5.73 Å². The summed E-state index contributed by atoms with van der Waals surface area (Å²) in [5.74, 6) is 0. The second-order valence-corrected chi connectivity index (χ2v) is 4.99. The van der Waals surface area contributed by atoms with Gasteiger partial charge in [0.15, 0.2) is 0 Å². The highest BCUT2D eigenvalue weighted by Crippen LogP contribution is 2.21. The Kier molecular flexibility index (Phi) is 7.04. The lowest BCUT2D eigenvalue weighted by Gasteiger charge is -2.01. The minimum absolute atomic E-state index is 0.387. The minimum Gasteiger partial charge on any atom is -0.384 e. The zero-order valence-corrected chi connectivity index (χ0v) is 8.97. The van der Waals surface area contributed by atoms with Crippen LogP contribution < -0.4 is 11.1 Å². The summed E-state index contributed by atoms with van der Waals surface area (Å²) in [6.07, 6.45) is 1.73. The molecule has 0 amide bonds. The molecular weight excluding hydrogens is 216 g/mol. The largest absolute Gasteiger partial charge is 0.384 e. The summed E-state index contributed by atoms with van der Waals surface area (Å²) in [5.41, 5.74) is 5.24. The van der Waals surface area contributed by atoms with Crippen LogP contribution in [0.4, 0.5) is 0 Å². The highest BCUT2D eigenvalue weighted by Gasteiger charge is 1.96. The number of hydrogen-bond donors (Lipinski definition) is 2. The quantitative estimate of drug-likeness (QED) is 0.422. The minimum atomic E-state index is 0.387. The van der Waals surface area contributed by atoms with Crippen LogP contribution >= 0.6 is 46.0 Å². The summed E-state index contributed by atoms with van der Waals surface area (Å²) in [7, 11) is 2.63. The van der Waals surface area contributed by atoms with E-state index in [9.17, 15) is 0 Å². The number of nitrogens with two attached hydrogens (primary N) is 1. The number of hydrogen-bond acceptors (Lipinski definition) is 4. The van der Waals surface area contributed by atoms with Gasteiger partial charge < -0.3 is 11.1 Å². The molecule has 0 spiro atoms. The third-order valence-electron chi connectivity index (χ3n) is 0.590. The topological polar surface area (TPSA) is 38.0 Å². The Morgan fingerprint density at radius 3 is 2.64 bits per heavy atom. The maximum Gasteiger partial charge on any atom is 0.145 e. The first-order valence-electron chi connectivity index (χ1n) is 2.69. The number of rotatable bonds is 2. The monoisotopic (exact) mass is 224 g/mol. The summed E-state index contributed by atoms with van der Waals surface area (Å²) < 4.78 is 1.06. The van der Waals surface area contributed by atoms with Gasteiger partial charge in [0.05, 0.1) is 0 Å². The van der Waals surface area contributed by atoms with Crippen LogP contribution in [0.15, 0.2) is 12.7 Å². The van der Waals surface area contributed by atoms with Crippen LogP contribution in [0.25, 0.3) is 0 Å². The Hall–Kier alpha value is 0.220. The predicted molar refractivity (Wildman–Crippen MR) is 62.8 cm³/mol. The Balaban J connectivity index is 3.37. The van der Waals surface area contributed by atoms with E-state index in [1.807, 2.05) is 0 Å². The Labute approximate surface area is 84.8 Å². The molecule has 0 saturated carbocycles. The highest BCUT2D eigenvalue weighted by molar-refractivity contribution is 8.89. The lowest BCUT2D eigenvalue weighted by molar-refractivity contribution is 1.08. The molecule has 0 fully saturated rings.